The molecule has 0 aliphatic carbocycles. The number of hydrogen-bond acceptors (Lipinski definition) is 3. The molecule has 0 radical (unpaired) electrons. The van der Waals surface area contributed by atoms with E-state index in [9.17, 15) is 22.1 Å². The van der Waals surface area contributed by atoms with Crippen molar-refractivity contribution in [1.29, 1.82) is 0 Å². The molecule has 0 aromatic heterocycles. The van der Waals surface area contributed by atoms with Gasteiger partial charge in [0.2, 0.25) is 0 Å². The lowest BCUT2D eigenvalue weighted by atomic mass is 9.94. The van der Waals surface area contributed by atoms with Crippen molar-refractivity contribution in [3.05, 3.63) is 35.6 Å². The molecule has 0 aliphatic rings. The van der Waals surface area contributed by atoms with Gasteiger partial charge in [-0.25, -0.2) is 4.39 Å². The van der Waals surface area contributed by atoms with E-state index in [0.717, 1.165) is 13.0 Å². The van der Waals surface area contributed by atoms with E-state index >= 15 is 0 Å². The Labute approximate surface area is 162 Å². The zero-order chi connectivity index (χ0) is 21.3. The smallest absolute Gasteiger partial charge is 0.416 e. The van der Waals surface area contributed by atoms with Crippen LogP contribution in [-0.2, 0) is 15.8 Å². The number of benzene rings is 1. The molecule has 0 N–H and O–H groups in total. The van der Waals surface area contributed by atoms with E-state index in [1.54, 1.807) is 40.4 Å². The first-order chi connectivity index (χ1) is 12.0. The molecule has 0 saturated carbocycles. The third-order valence-electron chi connectivity index (χ3n) is 3.54. The molecule has 1 aromatic carbocycles. The van der Waals surface area contributed by atoms with Crippen molar-refractivity contribution in [3.8, 4) is 0 Å². The summed E-state index contributed by atoms with van der Waals surface area (Å²) in [5.74, 6) is -0.723. The molecule has 1 unspecified atom stereocenters. The average Bonchev–Trinajstić information content (AvgIpc) is 2.42. The molecule has 0 fully saturated rings. The van der Waals surface area contributed by atoms with Crippen LogP contribution in [0.3, 0.4) is 0 Å². The Hall–Kier alpha value is -0.903. The van der Waals surface area contributed by atoms with Crippen molar-refractivity contribution in [3.63, 3.8) is 0 Å². The zero-order valence-electron chi connectivity index (χ0n) is 16.7. The number of nitrogens with zero attached hydrogens (tertiary/aromatic N) is 1. The van der Waals surface area contributed by atoms with Gasteiger partial charge in [0, 0.05) is 12.0 Å². The van der Waals surface area contributed by atoms with Crippen molar-refractivity contribution in [1.82, 2.24) is 0 Å². The summed E-state index contributed by atoms with van der Waals surface area (Å²) < 4.78 is 77.0. The predicted octanol–water partition coefficient (Wildman–Crippen LogP) is 5.64. The second-order valence-electron chi connectivity index (χ2n) is 8.50. The van der Waals surface area contributed by atoms with Crippen molar-refractivity contribution >= 4 is 25.4 Å². The molecule has 0 aliphatic heterocycles. The van der Waals surface area contributed by atoms with Crippen LogP contribution >= 0.6 is 0 Å². The van der Waals surface area contributed by atoms with E-state index in [0.29, 0.717) is 0 Å². The molecule has 0 heterocycles. The highest BCUT2D eigenvalue weighted by molar-refractivity contribution is 7.91. The van der Waals surface area contributed by atoms with Gasteiger partial charge in [-0.3, -0.25) is 0 Å². The summed E-state index contributed by atoms with van der Waals surface area (Å²) in [6.07, 6.45) is -5.44. The molecule has 27 heavy (non-hydrogen) atoms. The maximum Gasteiger partial charge on any atom is 0.416 e. The second kappa shape index (κ2) is 8.22. The van der Waals surface area contributed by atoms with Gasteiger partial charge in [-0.05, 0) is 53.4 Å². The monoisotopic (exact) mass is 425 g/mol. The molecule has 0 spiro atoms. The minimum Gasteiger partial charge on any atom is -0.591 e. The van der Waals surface area contributed by atoms with Gasteiger partial charge in [0.25, 0.3) is 0 Å². The summed E-state index contributed by atoms with van der Waals surface area (Å²) in [4.78, 5) is 0. The van der Waals surface area contributed by atoms with E-state index in [1.807, 2.05) is 0 Å². The third kappa shape index (κ3) is 6.89. The Bertz CT molecular complexity index is 683. The highest BCUT2D eigenvalue weighted by Crippen LogP contribution is 2.40. The van der Waals surface area contributed by atoms with Crippen LogP contribution in [0, 0.1) is 5.82 Å². The number of halogens is 4. The minimum atomic E-state index is -4.71. The van der Waals surface area contributed by atoms with Crippen molar-refractivity contribution < 1.29 is 26.5 Å². The highest BCUT2D eigenvalue weighted by Gasteiger charge is 2.55. The first-order valence-corrected chi connectivity index (χ1v) is 13.0. The van der Waals surface area contributed by atoms with Gasteiger partial charge in [-0.2, -0.15) is 13.2 Å². The quantitative estimate of drug-likeness (QED) is 0.256. The predicted molar refractivity (Wildman–Crippen MR) is 104 cm³/mol. The van der Waals surface area contributed by atoms with Crippen molar-refractivity contribution in [2.75, 3.05) is 0 Å². The fourth-order valence-electron chi connectivity index (χ4n) is 2.30. The molecular formula is C18H27F4NO2SSi. The van der Waals surface area contributed by atoms with Gasteiger partial charge in [0.05, 0.1) is 0 Å². The van der Waals surface area contributed by atoms with Crippen LogP contribution in [-0.4, -0.2) is 35.1 Å². The molecule has 3 nitrogen and oxygen atoms in total. The SMILES string of the molecule is CC(C)(C)[S+]([O-])N=C(C[C@](C)(O[Si](C)(C)C)C(F)(F)F)c1ccccc1F. The summed E-state index contributed by atoms with van der Waals surface area (Å²) >= 11 is -1.85. The van der Waals surface area contributed by atoms with Crippen LogP contribution in [0.15, 0.2) is 28.7 Å². The number of hydrogen-bond donors (Lipinski definition) is 0. The zero-order valence-corrected chi connectivity index (χ0v) is 18.5. The van der Waals surface area contributed by atoms with Crippen LogP contribution in [0.5, 0.6) is 0 Å². The van der Waals surface area contributed by atoms with E-state index in [-0.39, 0.29) is 11.3 Å². The Morgan fingerprint density at radius 1 is 1.11 bits per heavy atom. The molecular weight excluding hydrogens is 398 g/mol. The first-order valence-electron chi connectivity index (χ1n) is 8.48. The maximum absolute atomic E-state index is 14.3. The van der Waals surface area contributed by atoms with Gasteiger partial charge in [-0.1, -0.05) is 22.6 Å². The molecule has 0 saturated heterocycles. The standard InChI is InChI=1S/C18H27F4NO2SSi/c1-16(2,3)26(24)23-15(13-10-8-9-11-14(13)19)12-17(4,18(20,21)22)25-27(5,6)7/h8-11H,12H2,1-7H3/t17-,26?/m0/s1. The van der Waals surface area contributed by atoms with E-state index in [1.165, 1.54) is 18.2 Å². The van der Waals surface area contributed by atoms with Gasteiger partial charge in [0.1, 0.15) is 27.6 Å². The van der Waals surface area contributed by atoms with Crippen LogP contribution in [0.1, 0.15) is 39.7 Å². The molecule has 9 heteroatoms. The van der Waals surface area contributed by atoms with E-state index in [4.69, 9.17) is 4.43 Å². The van der Waals surface area contributed by atoms with Gasteiger partial charge < -0.3 is 8.98 Å². The van der Waals surface area contributed by atoms with Crippen LogP contribution in [0.4, 0.5) is 17.6 Å². The second-order valence-corrected chi connectivity index (χ2v) is 14.8. The van der Waals surface area contributed by atoms with Crippen LogP contribution in [0.2, 0.25) is 19.6 Å². The number of alkyl halides is 3. The van der Waals surface area contributed by atoms with Crippen molar-refractivity contribution in [2.24, 2.45) is 4.40 Å². The summed E-state index contributed by atoms with van der Waals surface area (Å²) in [5, 5.41) is 0. The molecule has 154 valence electrons. The summed E-state index contributed by atoms with van der Waals surface area (Å²) in [6, 6.07) is 5.39. The lowest BCUT2D eigenvalue weighted by Crippen LogP contribution is -2.52. The fourth-order valence-corrected chi connectivity index (χ4v) is 4.47. The highest BCUT2D eigenvalue weighted by atomic mass is 32.2. The average molecular weight is 426 g/mol. The topological polar surface area (TPSA) is 44.7 Å². The Morgan fingerprint density at radius 2 is 1.63 bits per heavy atom. The molecule has 0 amide bonds. The summed E-state index contributed by atoms with van der Waals surface area (Å²) in [6.45, 7) is 10.8. The summed E-state index contributed by atoms with van der Waals surface area (Å²) in [7, 11) is -2.60. The summed E-state index contributed by atoms with van der Waals surface area (Å²) in [5.41, 5.74) is -2.90. The fraction of sp³-hybridized carbons (Fsp3) is 0.611. The van der Waals surface area contributed by atoms with Gasteiger partial charge in [0.15, 0.2) is 13.9 Å². The largest absolute Gasteiger partial charge is 0.591 e. The Kier molecular flexibility index (Phi) is 7.35. The van der Waals surface area contributed by atoms with Gasteiger partial charge >= 0.3 is 6.18 Å². The molecule has 1 aromatic rings. The Balaban J connectivity index is 3.50. The number of rotatable bonds is 6. The lowest BCUT2D eigenvalue weighted by molar-refractivity contribution is -0.242. The lowest BCUT2D eigenvalue weighted by Gasteiger charge is -2.38. The minimum absolute atomic E-state index is 0.107. The normalized spacial score (nSPS) is 17.6. The third-order valence-corrected chi connectivity index (χ3v) is 6.03. The van der Waals surface area contributed by atoms with Crippen molar-refractivity contribution in [2.45, 2.75) is 70.3 Å². The van der Waals surface area contributed by atoms with Crippen LogP contribution < -0.4 is 0 Å². The van der Waals surface area contributed by atoms with E-state index in [2.05, 4.69) is 4.40 Å². The van der Waals surface area contributed by atoms with Crippen LogP contribution in [0.25, 0.3) is 0 Å². The molecule has 2 atom stereocenters. The Morgan fingerprint density at radius 3 is 2.04 bits per heavy atom. The maximum atomic E-state index is 14.3. The van der Waals surface area contributed by atoms with E-state index < -0.39 is 48.4 Å². The molecule has 1 rings (SSSR count). The molecule has 0 bridgehead atoms. The first kappa shape index (κ1) is 24.1. The van der Waals surface area contributed by atoms with Gasteiger partial charge in [-0.15, -0.1) is 0 Å².